The standard InChI is InChI=1S/C14H18ClN3O/c1-10(14-16-7-8-18(14)2)17-9-11-12(15)5-4-6-13(11)19-3/h4-8,10,17H,9H2,1-3H3. The molecule has 0 amide bonds. The summed E-state index contributed by atoms with van der Waals surface area (Å²) >= 11 is 6.21. The summed E-state index contributed by atoms with van der Waals surface area (Å²) in [6, 6.07) is 5.80. The Hall–Kier alpha value is -1.52. The van der Waals surface area contributed by atoms with E-state index in [4.69, 9.17) is 16.3 Å². The molecule has 0 aliphatic heterocycles. The molecule has 1 aromatic heterocycles. The second-order valence-corrected chi connectivity index (χ2v) is 4.83. The number of aromatic nitrogens is 2. The number of halogens is 1. The summed E-state index contributed by atoms with van der Waals surface area (Å²) in [5, 5.41) is 4.12. The molecule has 1 heterocycles. The molecule has 1 aromatic carbocycles. The van der Waals surface area contributed by atoms with E-state index >= 15 is 0 Å². The summed E-state index contributed by atoms with van der Waals surface area (Å²) in [5.41, 5.74) is 0.965. The zero-order valence-electron chi connectivity index (χ0n) is 11.4. The third-order valence-electron chi connectivity index (χ3n) is 3.13. The van der Waals surface area contributed by atoms with Crippen molar-refractivity contribution in [1.29, 1.82) is 0 Å². The van der Waals surface area contributed by atoms with Gasteiger partial charge in [-0.3, -0.25) is 0 Å². The lowest BCUT2D eigenvalue weighted by atomic mass is 10.2. The maximum Gasteiger partial charge on any atom is 0.125 e. The molecular formula is C14H18ClN3O. The second kappa shape index (κ2) is 6.08. The lowest BCUT2D eigenvalue weighted by molar-refractivity contribution is 0.405. The van der Waals surface area contributed by atoms with Gasteiger partial charge in [0.25, 0.3) is 0 Å². The number of hydrogen-bond donors (Lipinski definition) is 1. The third kappa shape index (κ3) is 3.08. The van der Waals surface area contributed by atoms with Gasteiger partial charge in [0, 0.05) is 36.6 Å². The fourth-order valence-electron chi connectivity index (χ4n) is 2.04. The van der Waals surface area contributed by atoms with Crippen molar-refractivity contribution >= 4 is 11.6 Å². The van der Waals surface area contributed by atoms with Crippen LogP contribution in [0.25, 0.3) is 0 Å². The number of imidazole rings is 1. The van der Waals surface area contributed by atoms with Gasteiger partial charge >= 0.3 is 0 Å². The van der Waals surface area contributed by atoms with Crippen LogP contribution in [-0.2, 0) is 13.6 Å². The largest absolute Gasteiger partial charge is 0.496 e. The first-order chi connectivity index (χ1) is 9.13. The van der Waals surface area contributed by atoms with E-state index in [1.807, 2.05) is 36.0 Å². The number of rotatable bonds is 5. The molecule has 2 aromatic rings. The van der Waals surface area contributed by atoms with Crippen LogP contribution in [-0.4, -0.2) is 16.7 Å². The molecule has 4 nitrogen and oxygen atoms in total. The highest BCUT2D eigenvalue weighted by molar-refractivity contribution is 6.31. The molecule has 0 fully saturated rings. The van der Waals surface area contributed by atoms with Crippen molar-refractivity contribution in [3.8, 4) is 5.75 Å². The van der Waals surface area contributed by atoms with E-state index in [1.165, 1.54) is 0 Å². The van der Waals surface area contributed by atoms with Crippen LogP contribution < -0.4 is 10.1 Å². The van der Waals surface area contributed by atoms with Crippen molar-refractivity contribution < 1.29 is 4.74 Å². The van der Waals surface area contributed by atoms with Crippen molar-refractivity contribution in [3.05, 3.63) is 47.0 Å². The van der Waals surface area contributed by atoms with E-state index < -0.39 is 0 Å². The van der Waals surface area contributed by atoms with Gasteiger partial charge in [0.05, 0.1) is 13.2 Å². The second-order valence-electron chi connectivity index (χ2n) is 4.42. The van der Waals surface area contributed by atoms with Gasteiger partial charge in [-0.25, -0.2) is 4.98 Å². The first-order valence-electron chi connectivity index (χ1n) is 6.15. The van der Waals surface area contributed by atoms with E-state index in [0.717, 1.165) is 17.1 Å². The van der Waals surface area contributed by atoms with Gasteiger partial charge in [0.15, 0.2) is 0 Å². The van der Waals surface area contributed by atoms with Crippen molar-refractivity contribution in [2.45, 2.75) is 19.5 Å². The molecule has 5 heteroatoms. The summed E-state index contributed by atoms with van der Waals surface area (Å²) in [7, 11) is 3.63. The van der Waals surface area contributed by atoms with Crippen LogP contribution >= 0.6 is 11.6 Å². The number of ether oxygens (including phenoxy) is 1. The van der Waals surface area contributed by atoms with Crippen LogP contribution in [0.2, 0.25) is 5.02 Å². The maximum absolute atomic E-state index is 6.21. The van der Waals surface area contributed by atoms with Crippen LogP contribution in [0.1, 0.15) is 24.4 Å². The fraction of sp³-hybridized carbons (Fsp3) is 0.357. The Bertz CT molecular complexity index is 553. The lowest BCUT2D eigenvalue weighted by Gasteiger charge is -2.16. The Morgan fingerprint density at radius 3 is 2.89 bits per heavy atom. The van der Waals surface area contributed by atoms with Gasteiger partial charge in [0.2, 0.25) is 0 Å². The molecule has 0 radical (unpaired) electrons. The first kappa shape index (κ1) is 13.9. The van der Waals surface area contributed by atoms with Crippen molar-refractivity contribution in [2.75, 3.05) is 7.11 Å². The molecule has 102 valence electrons. The number of hydrogen-bond acceptors (Lipinski definition) is 3. The van der Waals surface area contributed by atoms with Crippen LogP contribution in [0.5, 0.6) is 5.75 Å². The van der Waals surface area contributed by atoms with Crippen LogP contribution in [0.4, 0.5) is 0 Å². The lowest BCUT2D eigenvalue weighted by Crippen LogP contribution is -2.21. The van der Waals surface area contributed by atoms with Crippen molar-refractivity contribution in [1.82, 2.24) is 14.9 Å². The van der Waals surface area contributed by atoms with Crippen molar-refractivity contribution in [3.63, 3.8) is 0 Å². The Kier molecular flexibility index (Phi) is 4.45. The molecule has 2 rings (SSSR count). The highest BCUT2D eigenvalue weighted by Gasteiger charge is 2.12. The topological polar surface area (TPSA) is 39.1 Å². The number of nitrogens with zero attached hydrogens (tertiary/aromatic N) is 2. The number of benzene rings is 1. The van der Waals surface area contributed by atoms with E-state index in [2.05, 4.69) is 17.2 Å². The van der Waals surface area contributed by atoms with Crippen LogP contribution in [0.15, 0.2) is 30.6 Å². The van der Waals surface area contributed by atoms with E-state index in [9.17, 15) is 0 Å². The van der Waals surface area contributed by atoms with Gasteiger partial charge in [-0.15, -0.1) is 0 Å². The SMILES string of the molecule is COc1cccc(Cl)c1CNC(C)c1nccn1C. The average Bonchev–Trinajstić information content (AvgIpc) is 2.83. The highest BCUT2D eigenvalue weighted by Crippen LogP contribution is 2.26. The third-order valence-corrected chi connectivity index (χ3v) is 3.48. The minimum absolute atomic E-state index is 0.140. The first-order valence-corrected chi connectivity index (χ1v) is 6.53. The summed E-state index contributed by atoms with van der Waals surface area (Å²) < 4.78 is 7.33. The predicted molar refractivity (Wildman–Crippen MR) is 76.5 cm³/mol. The van der Waals surface area contributed by atoms with Gasteiger partial charge in [-0.05, 0) is 19.1 Å². The minimum atomic E-state index is 0.140. The average molecular weight is 280 g/mol. The summed E-state index contributed by atoms with van der Waals surface area (Å²) in [4.78, 5) is 4.33. The highest BCUT2D eigenvalue weighted by atomic mass is 35.5. The molecule has 1 unspecified atom stereocenters. The van der Waals surface area contributed by atoms with E-state index in [0.29, 0.717) is 11.6 Å². The minimum Gasteiger partial charge on any atom is -0.496 e. The Labute approximate surface area is 118 Å². The zero-order chi connectivity index (χ0) is 13.8. The molecule has 0 aliphatic carbocycles. The Morgan fingerprint density at radius 2 is 2.26 bits per heavy atom. The monoisotopic (exact) mass is 279 g/mol. The van der Waals surface area contributed by atoms with Gasteiger partial charge in [0.1, 0.15) is 11.6 Å². The normalized spacial score (nSPS) is 12.4. The molecule has 1 N–H and O–H groups in total. The number of nitrogens with one attached hydrogen (secondary N) is 1. The summed E-state index contributed by atoms with van der Waals surface area (Å²) in [6.07, 6.45) is 3.73. The summed E-state index contributed by atoms with van der Waals surface area (Å²) in [5.74, 6) is 1.79. The van der Waals surface area contributed by atoms with Gasteiger partial charge < -0.3 is 14.6 Å². The molecule has 19 heavy (non-hydrogen) atoms. The maximum atomic E-state index is 6.21. The van der Waals surface area contributed by atoms with E-state index in [-0.39, 0.29) is 6.04 Å². The number of methoxy groups -OCH3 is 1. The fourth-order valence-corrected chi connectivity index (χ4v) is 2.28. The quantitative estimate of drug-likeness (QED) is 0.915. The molecule has 0 spiro atoms. The molecule has 0 saturated carbocycles. The van der Waals surface area contributed by atoms with E-state index in [1.54, 1.807) is 13.3 Å². The van der Waals surface area contributed by atoms with Crippen molar-refractivity contribution in [2.24, 2.45) is 7.05 Å². The smallest absolute Gasteiger partial charge is 0.125 e. The van der Waals surface area contributed by atoms with Gasteiger partial charge in [-0.2, -0.15) is 0 Å². The molecule has 0 aliphatic rings. The number of aryl methyl sites for hydroxylation is 1. The van der Waals surface area contributed by atoms with Crippen LogP contribution in [0.3, 0.4) is 0 Å². The Balaban J connectivity index is 2.09. The molecule has 0 saturated heterocycles. The molecular weight excluding hydrogens is 262 g/mol. The van der Waals surface area contributed by atoms with Crippen LogP contribution in [0, 0.1) is 0 Å². The predicted octanol–water partition coefficient (Wildman–Crippen LogP) is 2.93. The molecule has 1 atom stereocenters. The molecule has 0 bridgehead atoms. The zero-order valence-corrected chi connectivity index (χ0v) is 12.1. The summed E-state index contributed by atoms with van der Waals surface area (Å²) in [6.45, 7) is 2.71. The van der Waals surface area contributed by atoms with Gasteiger partial charge in [-0.1, -0.05) is 17.7 Å². The Morgan fingerprint density at radius 1 is 1.47 bits per heavy atom.